The molecule has 2 heterocycles. The number of nitrogens with one attached hydrogen (secondary N) is 1. The van der Waals surface area contributed by atoms with Gasteiger partial charge < -0.3 is 14.2 Å². The summed E-state index contributed by atoms with van der Waals surface area (Å²) in [5.41, 5.74) is 1.29. The minimum Gasteiger partial charge on any atom is -0.496 e. The lowest BCUT2D eigenvalue weighted by Crippen LogP contribution is -2.00. The Morgan fingerprint density at radius 2 is 1.85 bits per heavy atom. The minimum absolute atomic E-state index is 0.341. The van der Waals surface area contributed by atoms with Gasteiger partial charge in [-0.2, -0.15) is 14.9 Å². The molecule has 1 N–H and O–H groups in total. The molecule has 134 valence electrons. The number of rotatable bonds is 6. The number of H-pyrrole nitrogens is 1. The monoisotopic (exact) mass is 371 g/mol. The molecule has 26 heavy (non-hydrogen) atoms. The topological polar surface area (TPSA) is 86.5 Å². The maximum atomic E-state index is 5.42. The molecule has 0 aliphatic carbocycles. The highest BCUT2D eigenvalue weighted by Gasteiger charge is 2.13. The van der Waals surface area contributed by atoms with Crippen LogP contribution in [-0.2, 0) is 0 Å². The molecule has 0 radical (unpaired) electrons. The van der Waals surface area contributed by atoms with Crippen molar-refractivity contribution in [1.82, 2.24) is 19.9 Å². The van der Waals surface area contributed by atoms with E-state index < -0.39 is 0 Å². The van der Waals surface area contributed by atoms with Crippen LogP contribution in [0.15, 0.2) is 41.6 Å². The predicted molar refractivity (Wildman–Crippen MR) is 99.7 cm³/mol. The first kappa shape index (κ1) is 17.6. The number of nitrogens with zero attached hydrogens (tertiary/aromatic N) is 4. The Morgan fingerprint density at radius 3 is 2.42 bits per heavy atom. The molecule has 8 nitrogen and oxygen atoms in total. The van der Waals surface area contributed by atoms with E-state index in [-0.39, 0.29) is 0 Å². The Morgan fingerprint density at radius 1 is 1.12 bits per heavy atom. The molecule has 0 bridgehead atoms. The number of methoxy groups -OCH3 is 3. The van der Waals surface area contributed by atoms with Gasteiger partial charge in [-0.25, -0.2) is 5.10 Å². The summed E-state index contributed by atoms with van der Waals surface area (Å²) < 4.78 is 17.9. The second kappa shape index (κ2) is 7.79. The van der Waals surface area contributed by atoms with E-state index in [2.05, 4.69) is 20.3 Å². The molecule has 3 rings (SSSR count). The van der Waals surface area contributed by atoms with E-state index in [0.29, 0.717) is 39.1 Å². The summed E-state index contributed by atoms with van der Waals surface area (Å²) >= 11 is 5.27. The van der Waals surface area contributed by atoms with E-state index in [1.807, 2.05) is 18.2 Å². The van der Waals surface area contributed by atoms with E-state index in [9.17, 15) is 0 Å². The number of hydrogen-bond donors (Lipinski definition) is 1. The Bertz CT molecular complexity index is 957. The van der Waals surface area contributed by atoms with Crippen LogP contribution in [-0.4, -0.2) is 47.4 Å². The molecule has 0 amide bonds. The van der Waals surface area contributed by atoms with E-state index in [4.69, 9.17) is 26.4 Å². The summed E-state index contributed by atoms with van der Waals surface area (Å²) in [6.45, 7) is 0. The van der Waals surface area contributed by atoms with Crippen molar-refractivity contribution < 1.29 is 14.2 Å². The van der Waals surface area contributed by atoms with E-state index >= 15 is 0 Å². The van der Waals surface area contributed by atoms with Crippen LogP contribution in [0.25, 0.3) is 11.5 Å². The van der Waals surface area contributed by atoms with Crippen LogP contribution in [0.2, 0.25) is 0 Å². The van der Waals surface area contributed by atoms with Crippen molar-refractivity contribution in [2.45, 2.75) is 0 Å². The zero-order valence-corrected chi connectivity index (χ0v) is 15.3. The van der Waals surface area contributed by atoms with Gasteiger partial charge in [-0.15, -0.1) is 0 Å². The van der Waals surface area contributed by atoms with Gasteiger partial charge in [0, 0.05) is 18.3 Å². The predicted octanol–water partition coefficient (Wildman–Crippen LogP) is 2.91. The van der Waals surface area contributed by atoms with E-state index in [1.54, 1.807) is 45.9 Å². The van der Waals surface area contributed by atoms with Gasteiger partial charge in [-0.05, 0) is 24.4 Å². The SMILES string of the molecule is COc1cc(OC)c(/C=N/n2c(-c3ccccn3)n[nH]c2=S)c(OC)c1. The third-order valence-electron chi connectivity index (χ3n) is 3.60. The highest BCUT2D eigenvalue weighted by atomic mass is 32.1. The Labute approximate surface area is 155 Å². The first-order valence-corrected chi connectivity index (χ1v) is 8.02. The summed E-state index contributed by atoms with van der Waals surface area (Å²) in [5.74, 6) is 2.22. The Balaban J connectivity index is 2.07. The standard InChI is InChI=1S/C17H17N5O3S/c1-23-11-8-14(24-2)12(15(9-11)25-3)10-19-22-16(20-21-17(22)26)13-6-4-5-7-18-13/h4-10H,1-3H3,(H,21,26)/b19-10+. The molecule has 0 saturated heterocycles. The van der Waals surface area contributed by atoms with Crippen LogP contribution < -0.4 is 14.2 Å². The molecular weight excluding hydrogens is 354 g/mol. The maximum absolute atomic E-state index is 5.42. The zero-order chi connectivity index (χ0) is 18.5. The van der Waals surface area contributed by atoms with Crippen molar-refractivity contribution in [2.24, 2.45) is 5.10 Å². The van der Waals surface area contributed by atoms with Crippen LogP contribution in [0, 0.1) is 4.77 Å². The molecule has 0 aliphatic rings. The lowest BCUT2D eigenvalue weighted by atomic mass is 10.2. The summed E-state index contributed by atoms with van der Waals surface area (Å²) in [6.07, 6.45) is 3.27. The van der Waals surface area contributed by atoms with Gasteiger partial charge in [0.1, 0.15) is 22.9 Å². The first-order valence-electron chi connectivity index (χ1n) is 7.61. The first-order chi connectivity index (χ1) is 12.7. The van der Waals surface area contributed by atoms with Gasteiger partial charge in [0.15, 0.2) is 0 Å². The van der Waals surface area contributed by atoms with Gasteiger partial charge >= 0.3 is 0 Å². The van der Waals surface area contributed by atoms with Crippen molar-refractivity contribution in [3.05, 3.63) is 46.9 Å². The molecule has 0 atom stereocenters. The average Bonchev–Trinajstić information content (AvgIpc) is 3.06. The Kier molecular flexibility index (Phi) is 5.28. The summed E-state index contributed by atoms with van der Waals surface area (Å²) in [7, 11) is 4.70. The summed E-state index contributed by atoms with van der Waals surface area (Å²) in [4.78, 5) is 4.28. The van der Waals surface area contributed by atoms with Gasteiger partial charge in [-0.3, -0.25) is 4.98 Å². The fourth-order valence-electron chi connectivity index (χ4n) is 2.33. The van der Waals surface area contributed by atoms with Crippen molar-refractivity contribution in [3.8, 4) is 28.8 Å². The summed E-state index contributed by atoms with van der Waals surface area (Å²) in [6, 6.07) is 9.01. The minimum atomic E-state index is 0.341. The molecule has 3 aromatic rings. The van der Waals surface area contributed by atoms with Crippen LogP contribution in [0.4, 0.5) is 0 Å². The van der Waals surface area contributed by atoms with Gasteiger partial charge in [0.2, 0.25) is 10.6 Å². The second-order valence-electron chi connectivity index (χ2n) is 5.07. The van der Waals surface area contributed by atoms with E-state index in [1.165, 1.54) is 4.68 Å². The fourth-order valence-corrected chi connectivity index (χ4v) is 2.51. The smallest absolute Gasteiger partial charge is 0.216 e. The van der Waals surface area contributed by atoms with Crippen LogP contribution in [0.1, 0.15) is 5.56 Å². The largest absolute Gasteiger partial charge is 0.496 e. The highest BCUT2D eigenvalue weighted by molar-refractivity contribution is 7.71. The quantitative estimate of drug-likeness (QED) is 0.530. The number of benzene rings is 1. The molecule has 0 saturated carbocycles. The lowest BCUT2D eigenvalue weighted by Gasteiger charge is -2.12. The lowest BCUT2D eigenvalue weighted by molar-refractivity contribution is 0.374. The van der Waals surface area contributed by atoms with E-state index in [0.717, 1.165) is 0 Å². The molecule has 0 spiro atoms. The molecule has 1 aromatic carbocycles. The molecule has 2 aromatic heterocycles. The van der Waals surface area contributed by atoms with Gasteiger partial charge in [-0.1, -0.05) is 6.07 Å². The number of hydrogen-bond acceptors (Lipinski definition) is 7. The van der Waals surface area contributed by atoms with Crippen molar-refractivity contribution in [3.63, 3.8) is 0 Å². The normalized spacial score (nSPS) is 10.9. The molecular formula is C17H17N5O3S. The summed E-state index contributed by atoms with van der Waals surface area (Å²) in [5, 5.41) is 11.4. The third kappa shape index (κ3) is 3.42. The van der Waals surface area contributed by atoms with Gasteiger partial charge in [0.25, 0.3) is 0 Å². The second-order valence-corrected chi connectivity index (χ2v) is 5.46. The van der Waals surface area contributed by atoms with Gasteiger partial charge in [0.05, 0.1) is 33.1 Å². The Hall–Kier alpha value is -3.20. The molecule has 0 unspecified atom stereocenters. The zero-order valence-electron chi connectivity index (χ0n) is 14.5. The molecule has 9 heteroatoms. The van der Waals surface area contributed by atoms with Crippen LogP contribution in [0.3, 0.4) is 0 Å². The third-order valence-corrected chi connectivity index (χ3v) is 3.86. The highest BCUT2D eigenvalue weighted by Crippen LogP contribution is 2.32. The van der Waals surface area contributed by atoms with Crippen molar-refractivity contribution in [2.75, 3.05) is 21.3 Å². The number of aromatic amines is 1. The number of pyridine rings is 1. The van der Waals surface area contributed by atoms with Crippen molar-refractivity contribution in [1.29, 1.82) is 0 Å². The van der Waals surface area contributed by atoms with Crippen LogP contribution >= 0.6 is 12.2 Å². The molecule has 0 fully saturated rings. The maximum Gasteiger partial charge on any atom is 0.216 e. The fraction of sp³-hybridized carbons (Fsp3) is 0.176. The van der Waals surface area contributed by atoms with Crippen LogP contribution in [0.5, 0.6) is 17.2 Å². The molecule has 0 aliphatic heterocycles. The number of ether oxygens (including phenoxy) is 3. The average molecular weight is 371 g/mol. The number of aromatic nitrogens is 4. The van der Waals surface area contributed by atoms with Crippen molar-refractivity contribution >= 4 is 18.4 Å².